The molecule has 0 unspecified atom stereocenters. The van der Waals surface area contributed by atoms with E-state index >= 15 is 0 Å². The van der Waals surface area contributed by atoms with Crippen LogP contribution in [0.1, 0.15) is 0 Å². The minimum absolute atomic E-state index is 0.142. The standard InChI is InChI=1S/C12H9N3O4S/c13-15-14-11-7-9(20(17,18)19)6-10(12(11)16)8-4-2-1-3-5-8/h1-7,16H,(H,17,18,19). The largest absolute Gasteiger partial charge is 0.507 e. The summed E-state index contributed by atoms with van der Waals surface area (Å²) in [7, 11) is -4.49. The smallest absolute Gasteiger partial charge is 0.294 e. The van der Waals surface area contributed by atoms with Crippen LogP contribution in [0.5, 0.6) is 5.75 Å². The van der Waals surface area contributed by atoms with Crippen LogP contribution < -0.4 is 0 Å². The number of hydrogen-bond acceptors (Lipinski definition) is 4. The maximum Gasteiger partial charge on any atom is 0.294 e. The second-order valence-electron chi connectivity index (χ2n) is 3.87. The first kappa shape index (κ1) is 13.9. The summed E-state index contributed by atoms with van der Waals surface area (Å²) >= 11 is 0. The van der Waals surface area contributed by atoms with E-state index in [1.807, 2.05) is 0 Å². The number of rotatable bonds is 3. The second kappa shape index (κ2) is 5.22. The first-order valence-corrected chi connectivity index (χ1v) is 6.82. The van der Waals surface area contributed by atoms with Gasteiger partial charge in [-0.25, -0.2) is 0 Å². The Morgan fingerprint density at radius 2 is 1.80 bits per heavy atom. The molecular formula is C12H9N3O4S. The average Bonchev–Trinajstić information content (AvgIpc) is 2.41. The van der Waals surface area contributed by atoms with Crippen molar-refractivity contribution in [1.82, 2.24) is 0 Å². The molecule has 102 valence electrons. The Hall–Kier alpha value is -2.54. The zero-order valence-electron chi connectivity index (χ0n) is 10.0. The Labute approximate surface area is 114 Å². The number of phenols is 1. The van der Waals surface area contributed by atoms with E-state index in [9.17, 15) is 13.5 Å². The lowest BCUT2D eigenvalue weighted by atomic mass is 10.0. The molecule has 0 saturated carbocycles. The molecule has 2 aromatic carbocycles. The molecule has 7 nitrogen and oxygen atoms in total. The van der Waals surface area contributed by atoms with Crippen LogP contribution in [0, 0.1) is 0 Å². The van der Waals surface area contributed by atoms with E-state index in [1.54, 1.807) is 30.3 Å². The molecule has 20 heavy (non-hydrogen) atoms. The van der Waals surface area contributed by atoms with Crippen molar-refractivity contribution in [2.45, 2.75) is 4.90 Å². The summed E-state index contributed by atoms with van der Waals surface area (Å²) < 4.78 is 31.5. The molecule has 0 atom stereocenters. The van der Waals surface area contributed by atoms with Gasteiger partial charge in [0.15, 0.2) is 0 Å². The summed E-state index contributed by atoms with van der Waals surface area (Å²) in [6, 6.07) is 10.4. The first-order chi connectivity index (χ1) is 9.43. The van der Waals surface area contributed by atoms with Crippen molar-refractivity contribution in [2.75, 3.05) is 0 Å². The van der Waals surface area contributed by atoms with Gasteiger partial charge in [0, 0.05) is 10.5 Å². The molecule has 0 aromatic heterocycles. The minimum atomic E-state index is -4.49. The summed E-state index contributed by atoms with van der Waals surface area (Å²) in [4.78, 5) is 2.05. The van der Waals surface area contributed by atoms with E-state index < -0.39 is 15.0 Å². The molecule has 0 aliphatic heterocycles. The van der Waals surface area contributed by atoms with E-state index in [2.05, 4.69) is 10.0 Å². The summed E-state index contributed by atoms with van der Waals surface area (Å²) in [5.74, 6) is -0.360. The van der Waals surface area contributed by atoms with Crippen molar-refractivity contribution in [2.24, 2.45) is 5.11 Å². The number of azide groups is 1. The second-order valence-corrected chi connectivity index (χ2v) is 5.29. The van der Waals surface area contributed by atoms with Gasteiger partial charge in [0.25, 0.3) is 10.1 Å². The molecule has 0 spiro atoms. The van der Waals surface area contributed by atoms with Gasteiger partial charge in [-0.2, -0.15) is 8.42 Å². The van der Waals surface area contributed by atoms with E-state index in [0.29, 0.717) is 5.56 Å². The molecule has 0 aliphatic carbocycles. The van der Waals surface area contributed by atoms with Gasteiger partial charge in [0.1, 0.15) is 5.75 Å². The lowest BCUT2D eigenvalue weighted by Gasteiger charge is -2.09. The van der Waals surface area contributed by atoms with Crippen molar-refractivity contribution >= 4 is 15.8 Å². The molecule has 2 aromatic rings. The van der Waals surface area contributed by atoms with Crippen LogP contribution in [0.2, 0.25) is 0 Å². The van der Waals surface area contributed by atoms with E-state index in [-0.39, 0.29) is 17.0 Å². The molecular weight excluding hydrogens is 282 g/mol. The molecule has 2 N–H and O–H groups in total. The van der Waals surface area contributed by atoms with Crippen molar-refractivity contribution < 1.29 is 18.1 Å². The quantitative estimate of drug-likeness (QED) is 0.390. The number of aromatic hydroxyl groups is 1. The van der Waals surface area contributed by atoms with Gasteiger partial charge in [-0.1, -0.05) is 35.4 Å². The van der Waals surface area contributed by atoms with Gasteiger partial charge in [0.05, 0.1) is 10.6 Å². The zero-order valence-corrected chi connectivity index (χ0v) is 10.8. The fraction of sp³-hybridized carbons (Fsp3) is 0. The van der Waals surface area contributed by atoms with Gasteiger partial charge in [-0.05, 0) is 23.2 Å². The Morgan fingerprint density at radius 3 is 2.35 bits per heavy atom. The monoisotopic (exact) mass is 291 g/mol. The molecule has 2 rings (SSSR count). The lowest BCUT2D eigenvalue weighted by molar-refractivity contribution is 0.475. The zero-order chi connectivity index (χ0) is 14.8. The fourth-order valence-electron chi connectivity index (χ4n) is 1.70. The normalized spacial score (nSPS) is 10.8. The number of hydrogen-bond donors (Lipinski definition) is 2. The van der Waals surface area contributed by atoms with Gasteiger partial charge < -0.3 is 5.11 Å². The van der Waals surface area contributed by atoms with Crippen molar-refractivity contribution in [1.29, 1.82) is 0 Å². The van der Waals surface area contributed by atoms with Crippen molar-refractivity contribution in [3.8, 4) is 16.9 Å². The molecule has 0 heterocycles. The minimum Gasteiger partial charge on any atom is -0.507 e. The van der Waals surface area contributed by atoms with Crippen molar-refractivity contribution in [3.05, 3.63) is 52.9 Å². The Bertz CT molecular complexity index is 797. The summed E-state index contributed by atoms with van der Waals surface area (Å²) in [6.45, 7) is 0. The maximum atomic E-state index is 11.2. The van der Waals surface area contributed by atoms with Crippen LogP contribution in [-0.4, -0.2) is 18.1 Å². The fourth-order valence-corrected chi connectivity index (χ4v) is 2.23. The average molecular weight is 291 g/mol. The Morgan fingerprint density at radius 1 is 1.15 bits per heavy atom. The van der Waals surface area contributed by atoms with Crippen LogP contribution in [0.25, 0.3) is 21.6 Å². The molecule has 0 bridgehead atoms. The van der Waals surface area contributed by atoms with Gasteiger partial charge in [0.2, 0.25) is 0 Å². The molecule has 8 heteroatoms. The van der Waals surface area contributed by atoms with Crippen LogP contribution in [-0.2, 0) is 10.1 Å². The third-order valence-electron chi connectivity index (χ3n) is 2.60. The van der Waals surface area contributed by atoms with E-state index in [1.165, 1.54) is 0 Å². The van der Waals surface area contributed by atoms with Gasteiger partial charge >= 0.3 is 0 Å². The number of phenolic OH excluding ortho intramolecular Hbond substituents is 1. The molecule has 0 fully saturated rings. The van der Waals surface area contributed by atoms with Crippen LogP contribution in [0.3, 0.4) is 0 Å². The third-order valence-corrected chi connectivity index (χ3v) is 3.43. The van der Waals surface area contributed by atoms with Crippen LogP contribution in [0.15, 0.2) is 52.5 Å². The van der Waals surface area contributed by atoms with Crippen LogP contribution in [0.4, 0.5) is 5.69 Å². The van der Waals surface area contributed by atoms with Gasteiger partial charge in [-0.15, -0.1) is 0 Å². The van der Waals surface area contributed by atoms with E-state index in [4.69, 9.17) is 10.1 Å². The van der Waals surface area contributed by atoms with E-state index in [0.717, 1.165) is 12.1 Å². The number of benzene rings is 2. The topological polar surface area (TPSA) is 123 Å². The maximum absolute atomic E-state index is 11.2. The third kappa shape index (κ3) is 2.72. The molecule has 0 amide bonds. The highest BCUT2D eigenvalue weighted by atomic mass is 32.2. The molecule has 0 saturated heterocycles. The molecule has 0 radical (unpaired) electrons. The van der Waals surface area contributed by atoms with Crippen molar-refractivity contribution in [3.63, 3.8) is 0 Å². The Kier molecular flexibility index (Phi) is 3.62. The number of nitrogens with zero attached hydrogens (tertiary/aromatic N) is 3. The highest BCUT2D eigenvalue weighted by molar-refractivity contribution is 7.85. The van der Waals surface area contributed by atoms with Gasteiger partial charge in [-0.3, -0.25) is 4.55 Å². The highest BCUT2D eigenvalue weighted by Gasteiger charge is 2.17. The predicted octanol–water partition coefficient (Wildman–Crippen LogP) is 3.25. The first-order valence-electron chi connectivity index (χ1n) is 5.38. The predicted molar refractivity (Wildman–Crippen MR) is 72.2 cm³/mol. The SMILES string of the molecule is [N-]=[N+]=Nc1cc(S(=O)(=O)O)cc(-c2ccccc2)c1O. The summed E-state index contributed by atoms with van der Waals surface area (Å²) in [5, 5.41) is 13.2. The highest BCUT2D eigenvalue weighted by Crippen LogP contribution is 2.39. The lowest BCUT2D eigenvalue weighted by Crippen LogP contribution is -1.98. The van der Waals surface area contributed by atoms with Crippen LogP contribution >= 0.6 is 0 Å². The Balaban J connectivity index is 2.80. The summed E-state index contributed by atoms with van der Waals surface area (Å²) in [5.41, 5.74) is 8.82. The molecule has 0 aliphatic rings. The summed E-state index contributed by atoms with van der Waals surface area (Å²) in [6.07, 6.45) is 0.